The van der Waals surface area contributed by atoms with Crippen LogP contribution in [0.5, 0.6) is 40.2 Å². The largest absolute Gasteiger partial charge is 0.496 e. The van der Waals surface area contributed by atoms with Gasteiger partial charge in [-0.25, -0.2) is 0 Å². The number of hydrogen-bond donors (Lipinski definition) is 0. The molecule has 0 saturated heterocycles. The number of hydrogen-bond acceptors (Lipinski definition) is 7. The summed E-state index contributed by atoms with van der Waals surface area (Å²) in [6.07, 6.45) is 26.1. The molecule has 0 unspecified atom stereocenters. The highest BCUT2D eigenvalue weighted by Gasteiger charge is 2.43. The van der Waals surface area contributed by atoms with Crippen molar-refractivity contribution in [3.05, 3.63) is 30.3 Å². The van der Waals surface area contributed by atoms with Gasteiger partial charge in [0.05, 0.1) is 59.9 Å². The van der Waals surface area contributed by atoms with Crippen LogP contribution >= 0.6 is 15.8 Å². The second-order valence-corrected chi connectivity index (χ2v) is 23.4. The molecule has 7 nitrogen and oxygen atoms in total. The molecule has 0 aromatic heterocycles. The Bertz CT molecular complexity index is 1640. The van der Waals surface area contributed by atoms with Crippen LogP contribution in [0.1, 0.15) is 142 Å². The van der Waals surface area contributed by atoms with E-state index in [1.54, 1.807) is 42.7 Å². The molecule has 4 aliphatic carbocycles. The van der Waals surface area contributed by atoms with Crippen LogP contribution < -0.4 is 43.8 Å². The van der Waals surface area contributed by atoms with Crippen molar-refractivity contribution in [1.82, 2.24) is 0 Å². The van der Waals surface area contributed by atoms with E-state index in [1.165, 1.54) is 156 Å². The Balaban J connectivity index is 1.71. The molecular formula is C51H74O7P2. The zero-order chi connectivity index (χ0) is 42.2. The minimum atomic E-state index is -0.661. The van der Waals surface area contributed by atoms with Gasteiger partial charge in [0.15, 0.2) is 0 Å². The molecule has 0 radical (unpaired) electrons. The topological polar surface area (TPSA) is 64.6 Å². The lowest BCUT2D eigenvalue weighted by Gasteiger charge is -2.44. The van der Waals surface area contributed by atoms with Gasteiger partial charge in [0.25, 0.3) is 0 Å². The SMILES string of the molecule is COc1cc(OC)c(-c2cc(-c3c(OC)cc(OC)cc3OC)c(P(C3CCCCC3)C3CCCCC3)c(OC(C)C)c2P(C2CCCCC2)C2CCCCC2)c(OC)c1. The van der Waals surface area contributed by atoms with Crippen LogP contribution in [0.3, 0.4) is 0 Å². The molecule has 0 aliphatic heterocycles. The van der Waals surface area contributed by atoms with Crippen molar-refractivity contribution in [3.63, 3.8) is 0 Å². The maximum absolute atomic E-state index is 7.73. The van der Waals surface area contributed by atoms with Gasteiger partial charge in [-0.05, 0) is 93.9 Å². The van der Waals surface area contributed by atoms with E-state index in [-0.39, 0.29) is 6.10 Å². The Hall–Kier alpha value is -2.88. The summed E-state index contributed by atoms with van der Waals surface area (Å²) in [5.74, 6) is 5.59. The van der Waals surface area contributed by atoms with Gasteiger partial charge < -0.3 is 33.2 Å². The summed E-state index contributed by atoms with van der Waals surface area (Å²) >= 11 is 0. The summed E-state index contributed by atoms with van der Waals surface area (Å²) in [5, 5.41) is 2.92. The van der Waals surface area contributed by atoms with Crippen molar-refractivity contribution in [3.8, 4) is 62.5 Å². The van der Waals surface area contributed by atoms with Gasteiger partial charge in [0.1, 0.15) is 40.2 Å². The van der Waals surface area contributed by atoms with Crippen molar-refractivity contribution in [2.75, 3.05) is 42.7 Å². The molecule has 4 saturated carbocycles. The van der Waals surface area contributed by atoms with Crippen LogP contribution in [0, 0.1) is 0 Å². The third-order valence-electron chi connectivity index (χ3n) is 13.9. The van der Waals surface area contributed by atoms with E-state index in [0.717, 1.165) is 34.1 Å². The van der Waals surface area contributed by atoms with E-state index < -0.39 is 15.8 Å². The number of methoxy groups -OCH3 is 6. The first-order valence-electron chi connectivity index (χ1n) is 23.4. The highest BCUT2D eigenvalue weighted by molar-refractivity contribution is 7.69. The second kappa shape index (κ2) is 21.5. The number of rotatable bonds is 16. The summed E-state index contributed by atoms with van der Waals surface area (Å²) in [4.78, 5) is 0. The minimum Gasteiger partial charge on any atom is -0.496 e. The zero-order valence-electron chi connectivity index (χ0n) is 38.2. The second-order valence-electron chi connectivity index (χ2n) is 18.0. The first-order valence-corrected chi connectivity index (χ1v) is 26.4. The van der Waals surface area contributed by atoms with Crippen LogP contribution in [0.15, 0.2) is 30.3 Å². The summed E-state index contributed by atoms with van der Waals surface area (Å²) in [7, 11) is 9.24. The smallest absolute Gasteiger partial charge is 0.136 e. The van der Waals surface area contributed by atoms with Crippen molar-refractivity contribution in [1.29, 1.82) is 0 Å². The molecule has 9 heteroatoms. The third kappa shape index (κ3) is 9.68. The van der Waals surface area contributed by atoms with Crippen LogP contribution in [-0.4, -0.2) is 71.4 Å². The summed E-state index contributed by atoms with van der Waals surface area (Å²) in [6.45, 7) is 4.49. The average molecular weight is 861 g/mol. The molecule has 0 heterocycles. The van der Waals surface area contributed by atoms with E-state index in [1.807, 2.05) is 24.3 Å². The van der Waals surface area contributed by atoms with Crippen molar-refractivity contribution in [2.45, 2.75) is 171 Å². The summed E-state index contributed by atoms with van der Waals surface area (Å²) < 4.78 is 45.1. The van der Waals surface area contributed by atoms with Crippen molar-refractivity contribution in [2.24, 2.45) is 0 Å². The van der Waals surface area contributed by atoms with Crippen LogP contribution in [0.2, 0.25) is 0 Å². The van der Waals surface area contributed by atoms with Gasteiger partial charge in [-0.2, -0.15) is 0 Å². The molecule has 0 spiro atoms. The Morgan fingerprint density at radius 3 is 0.917 bits per heavy atom. The molecule has 0 atom stereocenters. The Morgan fingerprint density at radius 1 is 0.400 bits per heavy atom. The molecule has 0 bridgehead atoms. The van der Waals surface area contributed by atoms with Gasteiger partial charge in [-0.3, -0.25) is 0 Å². The van der Waals surface area contributed by atoms with Crippen LogP contribution in [0.25, 0.3) is 22.3 Å². The standard InChI is InChI=1S/C51H74O7P2/c1-34(2)58-49-50(59(37-21-13-9-14-22-37)38-23-15-10-16-24-38)41(47-43(54-5)29-35(52-3)30-44(47)55-6)33-42(48-45(56-7)31-36(53-4)32-46(48)57-8)51(49)60(39-25-17-11-18-26-39)40-27-19-12-20-28-40/h29-34,37-40H,9-28H2,1-8H3. The fourth-order valence-electron chi connectivity index (χ4n) is 11.2. The first kappa shape index (κ1) is 45.2. The van der Waals surface area contributed by atoms with Crippen LogP contribution in [-0.2, 0) is 0 Å². The molecule has 0 amide bonds. The van der Waals surface area contributed by atoms with Gasteiger partial charge >= 0.3 is 0 Å². The monoisotopic (exact) mass is 860 g/mol. The lowest BCUT2D eigenvalue weighted by molar-refractivity contribution is 0.246. The maximum atomic E-state index is 7.73. The van der Waals surface area contributed by atoms with Crippen molar-refractivity contribution < 1.29 is 33.2 Å². The molecule has 7 rings (SSSR count). The average Bonchev–Trinajstić information content (AvgIpc) is 3.30. The summed E-state index contributed by atoms with van der Waals surface area (Å²) in [6, 6.07) is 10.7. The Kier molecular flexibility index (Phi) is 16.2. The van der Waals surface area contributed by atoms with Gasteiger partial charge in [-0.1, -0.05) is 92.9 Å². The Labute approximate surface area is 364 Å². The van der Waals surface area contributed by atoms with Crippen molar-refractivity contribution >= 4 is 26.5 Å². The minimum absolute atomic E-state index is 0.0194. The number of ether oxygens (including phenoxy) is 7. The predicted molar refractivity (Wildman–Crippen MR) is 253 cm³/mol. The highest BCUT2D eigenvalue weighted by Crippen LogP contribution is 2.64. The summed E-state index contributed by atoms with van der Waals surface area (Å²) in [5.41, 5.74) is 6.85. The molecule has 4 aliphatic rings. The normalized spacial score (nSPS) is 18.9. The van der Waals surface area contributed by atoms with E-state index in [0.29, 0.717) is 34.1 Å². The van der Waals surface area contributed by atoms with E-state index in [9.17, 15) is 0 Å². The molecule has 330 valence electrons. The molecule has 0 N–H and O–H groups in total. The maximum Gasteiger partial charge on any atom is 0.136 e. The van der Waals surface area contributed by atoms with Gasteiger partial charge in [-0.15, -0.1) is 0 Å². The lowest BCUT2D eigenvalue weighted by Crippen LogP contribution is -2.35. The quantitative estimate of drug-likeness (QED) is 0.133. The fraction of sp³-hybridized carbons (Fsp3) is 0.647. The van der Waals surface area contributed by atoms with Crippen LogP contribution in [0.4, 0.5) is 0 Å². The first-order chi connectivity index (χ1) is 29.3. The molecular weight excluding hydrogens is 787 g/mol. The molecule has 4 fully saturated rings. The van der Waals surface area contributed by atoms with Gasteiger partial charge in [0, 0.05) is 46.0 Å². The van der Waals surface area contributed by atoms with Gasteiger partial charge in [0.2, 0.25) is 0 Å². The predicted octanol–water partition coefficient (Wildman–Crippen LogP) is 13.4. The van der Waals surface area contributed by atoms with E-state index in [2.05, 4.69) is 19.9 Å². The highest BCUT2D eigenvalue weighted by atomic mass is 31.1. The lowest BCUT2D eigenvalue weighted by atomic mass is 9.95. The molecule has 3 aromatic rings. The number of benzene rings is 3. The third-order valence-corrected chi connectivity index (χ3v) is 21.1. The molecule has 3 aromatic carbocycles. The fourth-order valence-corrected chi connectivity index (χ4v) is 19.3. The van der Waals surface area contributed by atoms with E-state index in [4.69, 9.17) is 33.2 Å². The molecule has 60 heavy (non-hydrogen) atoms. The van der Waals surface area contributed by atoms with E-state index >= 15 is 0 Å². The Morgan fingerprint density at radius 2 is 0.683 bits per heavy atom. The zero-order valence-corrected chi connectivity index (χ0v) is 40.0.